The monoisotopic (exact) mass is 368 g/mol. The Balaban J connectivity index is 1.70. The van der Waals surface area contributed by atoms with Gasteiger partial charge < -0.3 is 0 Å². The van der Waals surface area contributed by atoms with E-state index in [9.17, 15) is 4.79 Å². The van der Waals surface area contributed by atoms with E-state index in [0.29, 0.717) is 26.5 Å². The zero-order valence-corrected chi connectivity index (χ0v) is 14.3. The number of benzene rings is 1. The summed E-state index contributed by atoms with van der Waals surface area (Å²) in [5, 5.41) is 6.47. The average Bonchev–Trinajstić information content (AvgIpc) is 3.09. The number of halogens is 2. The molecule has 0 atom stereocenters. The summed E-state index contributed by atoms with van der Waals surface area (Å²) in [4.78, 5) is 17.9. The Labute approximate surface area is 145 Å². The molecule has 1 aromatic carbocycles. The predicted molar refractivity (Wildman–Crippen MR) is 93.7 cm³/mol. The topological polar surface area (TPSA) is 42.0 Å². The van der Waals surface area contributed by atoms with Gasteiger partial charge in [0, 0.05) is 27.5 Å². The molecule has 1 amide bonds. The Bertz CT molecular complexity index is 779. The molecule has 3 rings (SSSR count). The molecule has 3 aromatic rings. The first-order valence-electron chi connectivity index (χ1n) is 6.35. The van der Waals surface area contributed by atoms with Crippen molar-refractivity contribution in [3.63, 3.8) is 0 Å². The molecule has 3 nitrogen and oxygen atoms in total. The largest absolute Gasteiger partial charge is 0.297 e. The molecular weight excluding hydrogens is 359 g/mol. The number of anilines is 1. The van der Waals surface area contributed by atoms with Crippen LogP contribution in [0.15, 0.2) is 41.9 Å². The highest BCUT2D eigenvalue weighted by Gasteiger charge is 2.10. The maximum Gasteiger partial charge on any atom is 0.267 e. The van der Waals surface area contributed by atoms with Gasteiger partial charge in [0.2, 0.25) is 0 Å². The third-order valence-electron chi connectivity index (χ3n) is 2.82. The molecular formula is C15H10Cl2N2OS2. The SMILES string of the molecule is O=C(Nc1ncc(Cc2cc(Cl)cc(Cl)c2)s1)c1cccs1. The van der Waals surface area contributed by atoms with E-state index in [4.69, 9.17) is 23.2 Å². The maximum atomic E-state index is 12.0. The number of nitrogens with one attached hydrogen (secondary N) is 1. The van der Waals surface area contributed by atoms with Gasteiger partial charge in [-0.15, -0.1) is 22.7 Å². The molecule has 0 aliphatic carbocycles. The van der Waals surface area contributed by atoms with Gasteiger partial charge in [-0.1, -0.05) is 29.3 Å². The van der Waals surface area contributed by atoms with E-state index in [1.165, 1.54) is 22.7 Å². The molecule has 112 valence electrons. The van der Waals surface area contributed by atoms with Crippen LogP contribution in [-0.2, 0) is 6.42 Å². The lowest BCUT2D eigenvalue weighted by Gasteiger charge is -2.01. The van der Waals surface area contributed by atoms with Crippen molar-refractivity contribution in [2.45, 2.75) is 6.42 Å². The van der Waals surface area contributed by atoms with Crippen molar-refractivity contribution in [3.8, 4) is 0 Å². The van der Waals surface area contributed by atoms with Crippen LogP contribution in [0.2, 0.25) is 10.0 Å². The fraction of sp³-hybridized carbons (Fsp3) is 0.0667. The van der Waals surface area contributed by atoms with Crippen molar-refractivity contribution in [2.75, 3.05) is 5.32 Å². The second-order valence-corrected chi connectivity index (χ2v) is 7.45. The van der Waals surface area contributed by atoms with Gasteiger partial charge in [0.1, 0.15) is 0 Å². The van der Waals surface area contributed by atoms with Crippen LogP contribution in [0.4, 0.5) is 5.13 Å². The first kappa shape index (κ1) is 15.5. The summed E-state index contributed by atoms with van der Waals surface area (Å²) >= 11 is 14.8. The summed E-state index contributed by atoms with van der Waals surface area (Å²) in [7, 11) is 0. The van der Waals surface area contributed by atoms with E-state index in [-0.39, 0.29) is 5.91 Å². The van der Waals surface area contributed by atoms with Gasteiger partial charge in [-0.3, -0.25) is 10.1 Å². The summed E-state index contributed by atoms with van der Waals surface area (Å²) in [6, 6.07) is 9.07. The highest BCUT2D eigenvalue weighted by molar-refractivity contribution is 7.16. The number of thiazole rings is 1. The zero-order chi connectivity index (χ0) is 15.5. The van der Waals surface area contributed by atoms with E-state index in [1.807, 2.05) is 23.6 Å². The number of nitrogens with zero attached hydrogens (tertiary/aromatic N) is 1. The number of aromatic nitrogens is 1. The lowest BCUT2D eigenvalue weighted by Crippen LogP contribution is -2.09. The van der Waals surface area contributed by atoms with Gasteiger partial charge >= 0.3 is 0 Å². The summed E-state index contributed by atoms with van der Waals surface area (Å²) in [5.41, 5.74) is 1.01. The molecule has 0 unspecified atom stereocenters. The molecule has 1 N–H and O–H groups in total. The van der Waals surface area contributed by atoms with Gasteiger partial charge in [0.25, 0.3) is 5.91 Å². The minimum atomic E-state index is -0.137. The van der Waals surface area contributed by atoms with Crippen molar-refractivity contribution >= 4 is 56.9 Å². The van der Waals surface area contributed by atoms with Crippen LogP contribution in [0, 0.1) is 0 Å². The van der Waals surface area contributed by atoms with E-state index < -0.39 is 0 Å². The smallest absolute Gasteiger partial charge is 0.267 e. The van der Waals surface area contributed by atoms with E-state index >= 15 is 0 Å². The Kier molecular flexibility index (Phi) is 4.78. The van der Waals surface area contributed by atoms with Crippen LogP contribution >= 0.6 is 45.9 Å². The molecule has 0 saturated carbocycles. The first-order valence-corrected chi connectivity index (χ1v) is 8.80. The molecule has 2 heterocycles. The van der Waals surface area contributed by atoms with Gasteiger partial charge in [-0.2, -0.15) is 0 Å². The van der Waals surface area contributed by atoms with Crippen LogP contribution in [-0.4, -0.2) is 10.9 Å². The fourth-order valence-corrected chi connectivity index (χ4v) is 3.96. The Hall–Kier alpha value is -1.40. The summed E-state index contributed by atoms with van der Waals surface area (Å²) < 4.78 is 0. The number of carbonyl (C=O) groups excluding carboxylic acids is 1. The first-order chi connectivity index (χ1) is 10.6. The number of carbonyl (C=O) groups is 1. The molecule has 0 aliphatic heterocycles. The molecule has 0 aliphatic rings. The van der Waals surface area contributed by atoms with Gasteiger partial charge in [0.15, 0.2) is 5.13 Å². The number of hydrogen-bond acceptors (Lipinski definition) is 4. The number of thiophene rings is 1. The minimum Gasteiger partial charge on any atom is -0.297 e. The maximum absolute atomic E-state index is 12.0. The Morgan fingerprint density at radius 3 is 2.68 bits per heavy atom. The quantitative estimate of drug-likeness (QED) is 0.673. The standard InChI is InChI=1S/C15H10Cl2N2OS2/c16-10-4-9(5-11(17)7-10)6-12-8-18-15(22-12)19-14(20)13-2-1-3-21-13/h1-5,7-8H,6H2,(H,18,19,20). The zero-order valence-electron chi connectivity index (χ0n) is 11.2. The Morgan fingerprint density at radius 1 is 1.23 bits per heavy atom. The lowest BCUT2D eigenvalue weighted by atomic mass is 10.1. The number of hydrogen-bond donors (Lipinski definition) is 1. The van der Waals surface area contributed by atoms with Crippen LogP contribution in [0.25, 0.3) is 0 Å². The molecule has 0 radical (unpaired) electrons. The van der Waals surface area contributed by atoms with Gasteiger partial charge in [-0.25, -0.2) is 4.98 Å². The molecule has 22 heavy (non-hydrogen) atoms. The molecule has 7 heteroatoms. The third kappa shape index (κ3) is 3.87. The molecule has 2 aromatic heterocycles. The third-order valence-corrected chi connectivity index (χ3v) is 5.04. The van der Waals surface area contributed by atoms with Crippen molar-refractivity contribution < 1.29 is 4.79 Å². The van der Waals surface area contributed by atoms with Crippen molar-refractivity contribution in [2.24, 2.45) is 0 Å². The lowest BCUT2D eigenvalue weighted by molar-refractivity contribution is 0.103. The second kappa shape index (κ2) is 6.79. The summed E-state index contributed by atoms with van der Waals surface area (Å²) in [5.74, 6) is -0.137. The van der Waals surface area contributed by atoms with Gasteiger partial charge in [-0.05, 0) is 35.2 Å². The molecule has 0 fully saturated rings. The number of amides is 1. The molecule has 0 saturated heterocycles. The fourth-order valence-electron chi connectivity index (χ4n) is 1.93. The second-order valence-electron chi connectivity index (χ2n) is 4.52. The predicted octanol–water partition coefficient (Wildman–Crippen LogP) is 5.35. The summed E-state index contributed by atoms with van der Waals surface area (Å²) in [6.07, 6.45) is 2.43. The minimum absolute atomic E-state index is 0.137. The van der Waals surface area contributed by atoms with Crippen LogP contribution < -0.4 is 5.32 Å². The van der Waals surface area contributed by atoms with E-state index in [1.54, 1.807) is 18.3 Å². The van der Waals surface area contributed by atoms with Crippen LogP contribution in [0.3, 0.4) is 0 Å². The van der Waals surface area contributed by atoms with Crippen molar-refractivity contribution in [1.29, 1.82) is 0 Å². The Morgan fingerprint density at radius 2 is 2.00 bits per heavy atom. The molecule has 0 spiro atoms. The van der Waals surface area contributed by atoms with E-state index in [2.05, 4.69) is 10.3 Å². The summed E-state index contributed by atoms with van der Waals surface area (Å²) in [6.45, 7) is 0. The van der Waals surface area contributed by atoms with E-state index in [0.717, 1.165) is 10.4 Å². The van der Waals surface area contributed by atoms with Crippen molar-refractivity contribution in [1.82, 2.24) is 4.98 Å². The highest BCUT2D eigenvalue weighted by atomic mass is 35.5. The van der Waals surface area contributed by atoms with Crippen LogP contribution in [0.1, 0.15) is 20.1 Å². The van der Waals surface area contributed by atoms with Gasteiger partial charge in [0.05, 0.1) is 4.88 Å². The van der Waals surface area contributed by atoms with Crippen LogP contribution in [0.5, 0.6) is 0 Å². The molecule has 0 bridgehead atoms. The normalized spacial score (nSPS) is 10.6. The highest BCUT2D eigenvalue weighted by Crippen LogP contribution is 2.25. The average molecular weight is 369 g/mol. The number of rotatable bonds is 4. The van der Waals surface area contributed by atoms with Crippen molar-refractivity contribution in [3.05, 3.63) is 67.3 Å².